The average Bonchev–Trinajstić information content (AvgIpc) is 3.24. The lowest BCUT2D eigenvalue weighted by atomic mass is 9.77. The maximum absolute atomic E-state index is 13.1. The largest absolute Gasteiger partial charge is 0.378 e. The van der Waals surface area contributed by atoms with Gasteiger partial charge in [0.2, 0.25) is 5.91 Å². The minimum Gasteiger partial charge on any atom is -0.378 e. The first-order valence-electron chi connectivity index (χ1n) is 12.3. The summed E-state index contributed by atoms with van der Waals surface area (Å²) in [6.07, 6.45) is 7.78. The van der Waals surface area contributed by atoms with Gasteiger partial charge >= 0.3 is 6.03 Å². The lowest BCUT2D eigenvalue weighted by Gasteiger charge is -2.31. The fourth-order valence-corrected chi connectivity index (χ4v) is 7.63. The van der Waals surface area contributed by atoms with Crippen molar-refractivity contribution in [3.8, 4) is 0 Å². The van der Waals surface area contributed by atoms with Crippen LogP contribution in [0.2, 0.25) is 0 Å². The van der Waals surface area contributed by atoms with E-state index in [-0.39, 0.29) is 17.1 Å². The smallest absolute Gasteiger partial charge is 0.318 e. The molecule has 8 heteroatoms. The first-order chi connectivity index (χ1) is 15.2. The molecule has 4 fully saturated rings. The third-order valence-corrected chi connectivity index (χ3v) is 9.15. The number of rotatable bonds is 8. The van der Waals surface area contributed by atoms with E-state index >= 15 is 0 Å². The van der Waals surface area contributed by atoms with E-state index in [0.717, 1.165) is 18.3 Å². The summed E-state index contributed by atoms with van der Waals surface area (Å²) in [5, 5.41) is 3.00. The number of carbonyl (C=O) groups is 3. The van der Waals surface area contributed by atoms with Crippen molar-refractivity contribution in [2.24, 2.45) is 22.7 Å². The van der Waals surface area contributed by atoms with E-state index in [9.17, 15) is 14.4 Å². The molecule has 1 saturated heterocycles. The molecule has 1 N–H and O–H groups in total. The summed E-state index contributed by atoms with van der Waals surface area (Å²) in [6, 6.07) is -0.760. The Bertz CT molecular complexity index is 743. The number of urea groups is 1. The molecule has 3 aliphatic carbocycles. The zero-order valence-corrected chi connectivity index (χ0v) is 20.7. The summed E-state index contributed by atoms with van der Waals surface area (Å²) in [5.74, 6) is 2.23. The van der Waals surface area contributed by atoms with Crippen molar-refractivity contribution < 1.29 is 19.1 Å². The fraction of sp³-hybridized carbons (Fsp3) is 0.875. The Morgan fingerprint density at radius 1 is 1.19 bits per heavy atom. The Kier molecular flexibility index (Phi) is 7.11. The lowest BCUT2D eigenvalue weighted by Crippen LogP contribution is -2.53. The number of nitrogens with zero attached hydrogens (tertiary/aromatic N) is 2. The standard InChI is InChI=1S/C24H39N3O4S/c1-17-12-20-14-23(16-24(23,13-17)15-20)4-5-27(8-11-32-19(3)28)22(30)25-18(2)21(29)26-6-9-31-10-7-26/h17-18,20H,4-16H2,1-3H3,(H,25,30)/t17?,18-,20?,23?,24?/m0/s1. The van der Waals surface area contributed by atoms with Crippen molar-refractivity contribution in [1.29, 1.82) is 0 Å². The predicted octanol–water partition coefficient (Wildman–Crippen LogP) is 3.13. The number of fused-ring (bicyclic) bond motifs is 1. The highest BCUT2D eigenvalue weighted by Crippen LogP contribution is 2.81. The molecule has 1 heterocycles. The Balaban J connectivity index is 1.34. The van der Waals surface area contributed by atoms with Crippen LogP contribution >= 0.6 is 11.8 Å². The van der Waals surface area contributed by atoms with Gasteiger partial charge in [-0.05, 0) is 68.1 Å². The van der Waals surface area contributed by atoms with Crippen molar-refractivity contribution in [3.63, 3.8) is 0 Å². The van der Waals surface area contributed by atoms with Crippen molar-refractivity contribution in [1.82, 2.24) is 15.1 Å². The van der Waals surface area contributed by atoms with Crippen molar-refractivity contribution in [2.45, 2.75) is 65.3 Å². The Morgan fingerprint density at radius 2 is 1.94 bits per heavy atom. The molecular weight excluding hydrogens is 426 g/mol. The molecule has 1 aliphatic heterocycles. The van der Waals surface area contributed by atoms with E-state index in [1.54, 1.807) is 18.7 Å². The molecule has 0 aromatic heterocycles. The quantitative estimate of drug-likeness (QED) is 0.596. The highest BCUT2D eigenvalue weighted by molar-refractivity contribution is 8.13. The third kappa shape index (κ3) is 4.96. The predicted molar refractivity (Wildman–Crippen MR) is 125 cm³/mol. The van der Waals surface area contributed by atoms with Crippen molar-refractivity contribution >= 4 is 28.8 Å². The number of hydrogen-bond donors (Lipinski definition) is 1. The summed E-state index contributed by atoms with van der Waals surface area (Å²) in [6.45, 7) is 9.18. The van der Waals surface area contributed by atoms with E-state index in [1.807, 2.05) is 4.90 Å². The number of amides is 3. The molecule has 4 unspecified atom stereocenters. The molecule has 180 valence electrons. The van der Waals surface area contributed by atoms with Gasteiger partial charge in [-0.3, -0.25) is 9.59 Å². The van der Waals surface area contributed by atoms with Crippen molar-refractivity contribution in [3.05, 3.63) is 0 Å². The molecule has 3 amide bonds. The van der Waals surface area contributed by atoms with Crippen LogP contribution in [-0.4, -0.2) is 78.0 Å². The molecule has 2 bridgehead atoms. The maximum Gasteiger partial charge on any atom is 0.318 e. The minimum absolute atomic E-state index is 0.0574. The fourth-order valence-electron chi connectivity index (χ4n) is 7.03. The van der Waals surface area contributed by atoms with Gasteiger partial charge in [-0.25, -0.2) is 4.79 Å². The summed E-state index contributed by atoms with van der Waals surface area (Å²) in [5.41, 5.74) is 0.953. The second-order valence-electron chi connectivity index (χ2n) is 10.7. The van der Waals surface area contributed by atoms with Gasteiger partial charge in [0.15, 0.2) is 5.12 Å². The van der Waals surface area contributed by atoms with Crippen LogP contribution in [0.4, 0.5) is 4.79 Å². The van der Waals surface area contributed by atoms with Crippen molar-refractivity contribution in [2.75, 3.05) is 45.1 Å². The Hall–Kier alpha value is -1.28. The van der Waals surface area contributed by atoms with Crippen LogP contribution in [0, 0.1) is 22.7 Å². The molecule has 4 rings (SSSR count). The molecule has 5 atom stereocenters. The molecular formula is C24H39N3O4S. The van der Waals surface area contributed by atoms with Gasteiger partial charge in [-0.2, -0.15) is 0 Å². The summed E-state index contributed by atoms with van der Waals surface area (Å²) < 4.78 is 5.32. The molecule has 3 saturated carbocycles. The molecule has 0 aromatic rings. The second-order valence-corrected chi connectivity index (χ2v) is 12.0. The van der Waals surface area contributed by atoms with Gasteiger partial charge in [0.1, 0.15) is 6.04 Å². The van der Waals surface area contributed by atoms with Crippen LogP contribution in [0.25, 0.3) is 0 Å². The van der Waals surface area contributed by atoms with E-state index in [2.05, 4.69) is 12.2 Å². The van der Waals surface area contributed by atoms with Crippen LogP contribution < -0.4 is 5.32 Å². The summed E-state index contributed by atoms with van der Waals surface area (Å²) in [4.78, 5) is 40.9. The van der Waals surface area contributed by atoms with Crippen LogP contribution in [0.1, 0.15) is 59.3 Å². The highest BCUT2D eigenvalue weighted by Gasteiger charge is 2.72. The zero-order valence-electron chi connectivity index (χ0n) is 19.9. The number of nitrogens with one attached hydrogen (secondary N) is 1. The van der Waals surface area contributed by atoms with Gasteiger partial charge in [0.25, 0.3) is 0 Å². The zero-order chi connectivity index (χ0) is 22.9. The molecule has 1 spiro atoms. The number of carbonyl (C=O) groups excluding carboxylic acids is 3. The highest BCUT2D eigenvalue weighted by atomic mass is 32.2. The van der Waals surface area contributed by atoms with E-state index in [4.69, 9.17) is 4.74 Å². The molecule has 7 nitrogen and oxygen atoms in total. The maximum atomic E-state index is 13.1. The van der Waals surface area contributed by atoms with Crippen LogP contribution in [0.15, 0.2) is 0 Å². The molecule has 0 radical (unpaired) electrons. The number of morpholine rings is 1. The summed E-state index contributed by atoms with van der Waals surface area (Å²) >= 11 is 1.26. The van der Waals surface area contributed by atoms with Gasteiger partial charge in [-0.15, -0.1) is 0 Å². The SMILES string of the molecule is CC(=O)SCCN(CCC12CC3CC(C)CC1(C3)C2)C(=O)N[C@@H](C)C(=O)N1CCOCC1. The topological polar surface area (TPSA) is 79.0 Å². The monoisotopic (exact) mass is 465 g/mol. The lowest BCUT2D eigenvalue weighted by molar-refractivity contribution is -0.136. The minimum atomic E-state index is -0.569. The van der Waals surface area contributed by atoms with Crippen LogP contribution in [-0.2, 0) is 14.3 Å². The first kappa shape index (κ1) is 23.9. The Labute approximate surface area is 196 Å². The molecule has 0 aromatic carbocycles. The number of hydrogen-bond acceptors (Lipinski definition) is 5. The first-order valence-corrected chi connectivity index (χ1v) is 13.3. The normalized spacial score (nSPS) is 33.9. The second kappa shape index (κ2) is 9.53. The van der Waals surface area contributed by atoms with Gasteiger partial charge in [0, 0.05) is 38.9 Å². The van der Waals surface area contributed by atoms with Crippen LogP contribution in [0.3, 0.4) is 0 Å². The van der Waals surface area contributed by atoms with Gasteiger partial charge in [-0.1, -0.05) is 18.7 Å². The molecule has 4 aliphatic rings. The third-order valence-electron chi connectivity index (χ3n) is 8.36. The van der Waals surface area contributed by atoms with Crippen LogP contribution in [0.5, 0.6) is 0 Å². The average molecular weight is 466 g/mol. The number of ether oxygens (including phenoxy) is 1. The number of thioether (sulfide) groups is 1. The van der Waals surface area contributed by atoms with E-state index < -0.39 is 6.04 Å². The van der Waals surface area contributed by atoms with Gasteiger partial charge in [0.05, 0.1) is 13.2 Å². The van der Waals surface area contributed by atoms with E-state index in [1.165, 1.54) is 43.9 Å². The molecule has 32 heavy (non-hydrogen) atoms. The van der Waals surface area contributed by atoms with E-state index in [0.29, 0.717) is 56.0 Å². The van der Waals surface area contributed by atoms with Gasteiger partial charge < -0.3 is 19.9 Å². The summed E-state index contributed by atoms with van der Waals surface area (Å²) in [7, 11) is 0. The Morgan fingerprint density at radius 3 is 2.66 bits per heavy atom.